The Morgan fingerprint density at radius 1 is 0.903 bits per heavy atom. The summed E-state index contributed by atoms with van der Waals surface area (Å²) in [6.45, 7) is 4.55. The molecule has 0 aromatic heterocycles. The molecular weight excluding hydrogens is 400 g/mol. The van der Waals surface area contributed by atoms with E-state index in [-0.39, 0.29) is 5.82 Å². The van der Waals surface area contributed by atoms with Gasteiger partial charge in [0.05, 0.1) is 5.56 Å². The summed E-state index contributed by atoms with van der Waals surface area (Å²) in [7, 11) is 0. The van der Waals surface area contributed by atoms with Crippen molar-refractivity contribution in [3.63, 3.8) is 0 Å². The maximum atomic E-state index is 14.7. The van der Waals surface area contributed by atoms with Crippen LogP contribution < -0.4 is 0 Å². The molecule has 0 nitrogen and oxygen atoms in total. The fourth-order valence-electron chi connectivity index (χ4n) is 4.76. The minimum Gasteiger partial charge on any atom is -0.207 e. The van der Waals surface area contributed by atoms with Crippen molar-refractivity contribution in [2.24, 2.45) is 11.8 Å². The maximum Gasteiger partial charge on any atom is 0.416 e. The van der Waals surface area contributed by atoms with Crippen LogP contribution >= 0.6 is 0 Å². The maximum absolute atomic E-state index is 14.7. The number of benzene rings is 2. The number of hydrogen-bond acceptors (Lipinski definition) is 0. The Morgan fingerprint density at radius 2 is 1.58 bits per heavy atom. The Balaban J connectivity index is 1.50. The van der Waals surface area contributed by atoms with Crippen molar-refractivity contribution in [1.29, 1.82) is 0 Å². The fraction of sp³-hybridized carbons (Fsp3) is 0.556. The van der Waals surface area contributed by atoms with Crippen LogP contribution in [-0.2, 0) is 19.0 Å². The summed E-state index contributed by atoms with van der Waals surface area (Å²) in [5, 5.41) is 0. The van der Waals surface area contributed by atoms with Gasteiger partial charge in [0.2, 0.25) is 0 Å². The highest BCUT2D eigenvalue weighted by Gasteiger charge is 2.30. The number of rotatable bonds is 8. The Hall–Kier alpha value is -1.84. The lowest BCUT2D eigenvalue weighted by Gasteiger charge is -2.29. The molecule has 2 aromatic rings. The van der Waals surface area contributed by atoms with Crippen LogP contribution in [0.1, 0.15) is 87.0 Å². The van der Waals surface area contributed by atoms with Gasteiger partial charge in [0, 0.05) is 0 Å². The molecule has 1 aliphatic rings. The quantitative estimate of drug-likeness (QED) is 0.364. The summed E-state index contributed by atoms with van der Waals surface area (Å²) < 4.78 is 52.7. The highest BCUT2D eigenvalue weighted by molar-refractivity contribution is 5.29. The van der Waals surface area contributed by atoms with Crippen LogP contribution in [0.3, 0.4) is 0 Å². The summed E-state index contributed by atoms with van der Waals surface area (Å²) >= 11 is 0. The highest BCUT2D eigenvalue weighted by Crippen LogP contribution is 2.38. The molecule has 0 radical (unpaired) electrons. The third kappa shape index (κ3) is 7.08. The van der Waals surface area contributed by atoms with Crippen molar-refractivity contribution < 1.29 is 17.6 Å². The van der Waals surface area contributed by atoms with Crippen LogP contribution in [0.4, 0.5) is 17.6 Å². The topological polar surface area (TPSA) is 0 Å². The lowest BCUT2D eigenvalue weighted by Crippen LogP contribution is -2.14. The molecule has 0 N–H and O–H groups in total. The van der Waals surface area contributed by atoms with Gasteiger partial charge < -0.3 is 0 Å². The summed E-state index contributed by atoms with van der Waals surface area (Å²) in [5.74, 6) is 1.85. The van der Waals surface area contributed by atoms with Crippen LogP contribution in [0.2, 0.25) is 0 Å². The monoisotopic (exact) mass is 434 g/mol. The lowest BCUT2D eigenvalue weighted by atomic mass is 9.76. The molecular formula is C27H34F4. The molecule has 1 saturated carbocycles. The number of hydrogen-bond donors (Lipinski definition) is 0. The van der Waals surface area contributed by atoms with Gasteiger partial charge in [-0.25, -0.2) is 4.39 Å². The van der Waals surface area contributed by atoms with Crippen LogP contribution in [0.5, 0.6) is 0 Å². The van der Waals surface area contributed by atoms with Crippen molar-refractivity contribution in [1.82, 2.24) is 0 Å². The second-order valence-corrected chi connectivity index (χ2v) is 9.59. The number of aryl methyl sites for hydroxylation is 2. The average molecular weight is 435 g/mol. The molecule has 0 bridgehead atoms. The molecule has 0 aliphatic heterocycles. The first-order chi connectivity index (χ1) is 14.7. The number of halogens is 4. The van der Waals surface area contributed by atoms with Crippen LogP contribution in [0, 0.1) is 17.7 Å². The van der Waals surface area contributed by atoms with E-state index in [9.17, 15) is 17.6 Å². The van der Waals surface area contributed by atoms with Gasteiger partial charge in [-0.15, -0.1) is 0 Å². The molecule has 4 heteroatoms. The molecule has 0 spiro atoms. The van der Waals surface area contributed by atoms with Gasteiger partial charge in [0.25, 0.3) is 0 Å². The largest absolute Gasteiger partial charge is 0.416 e. The third-order valence-corrected chi connectivity index (χ3v) is 6.75. The summed E-state index contributed by atoms with van der Waals surface area (Å²) in [4.78, 5) is 0. The van der Waals surface area contributed by atoms with Crippen molar-refractivity contribution >= 4 is 0 Å². The van der Waals surface area contributed by atoms with E-state index in [0.717, 1.165) is 47.9 Å². The zero-order valence-electron chi connectivity index (χ0n) is 18.6. The predicted molar refractivity (Wildman–Crippen MR) is 119 cm³/mol. The first kappa shape index (κ1) is 23.8. The van der Waals surface area contributed by atoms with Crippen molar-refractivity contribution in [2.45, 2.75) is 83.7 Å². The van der Waals surface area contributed by atoms with Crippen molar-refractivity contribution in [2.75, 3.05) is 0 Å². The molecule has 170 valence electrons. The van der Waals surface area contributed by atoms with E-state index in [1.807, 2.05) is 6.07 Å². The lowest BCUT2D eigenvalue weighted by molar-refractivity contribution is -0.137. The molecule has 1 fully saturated rings. The zero-order chi connectivity index (χ0) is 22.4. The van der Waals surface area contributed by atoms with Gasteiger partial charge >= 0.3 is 6.18 Å². The second-order valence-electron chi connectivity index (χ2n) is 9.59. The molecule has 3 rings (SSSR count). The van der Waals surface area contributed by atoms with Crippen molar-refractivity contribution in [3.8, 4) is 0 Å². The van der Waals surface area contributed by atoms with Gasteiger partial charge in [-0.1, -0.05) is 57.4 Å². The van der Waals surface area contributed by atoms with E-state index in [2.05, 4.69) is 19.9 Å². The molecule has 0 atom stereocenters. The molecule has 2 aromatic carbocycles. The van der Waals surface area contributed by atoms with Crippen molar-refractivity contribution in [3.05, 3.63) is 70.5 Å². The Labute approximate surface area is 184 Å². The normalized spacial score (nSPS) is 19.7. The van der Waals surface area contributed by atoms with Crippen LogP contribution in [0.25, 0.3) is 0 Å². The van der Waals surface area contributed by atoms with Gasteiger partial charge in [-0.3, -0.25) is 0 Å². The first-order valence-electron chi connectivity index (χ1n) is 11.7. The van der Waals surface area contributed by atoms with E-state index in [4.69, 9.17) is 0 Å². The third-order valence-electron chi connectivity index (χ3n) is 6.75. The van der Waals surface area contributed by atoms with Crippen LogP contribution in [-0.4, -0.2) is 0 Å². The van der Waals surface area contributed by atoms with E-state index >= 15 is 0 Å². The smallest absolute Gasteiger partial charge is 0.207 e. The highest BCUT2D eigenvalue weighted by atomic mass is 19.4. The first-order valence-corrected chi connectivity index (χ1v) is 11.7. The Morgan fingerprint density at radius 3 is 2.16 bits per heavy atom. The summed E-state index contributed by atoms with van der Waals surface area (Å²) in [6.07, 6.45) is 5.37. The van der Waals surface area contributed by atoms with Gasteiger partial charge in [0.15, 0.2) is 0 Å². The molecule has 31 heavy (non-hydrogen) atoms. The average Bonchev–Trinajstić information content (AvgIpc) is 2.73. The summed E-state index contributed by atoms with van der Waals surface area (Å²) in [5.41, 5.74) is 1.86. The molecule has 0 amide bonds. The minimum absolute atomic E-state index is 0.191. The van der Waals surface area contributed by atoms with Gasteiger partial charge in [0.1, 0.15) is 5.82 Å². The Bertz CT molecular complexity index is 812. The number of alkyl halides is 3. The van der Waals surface area contributed by atoms with E-state index in [1.54, 1.807) is 6.07 Å². The molecule has 0 heterocycles. The fourth-order valence-corrected chi connectivity index (χ4v) is 4.76. The standard InChI is InChI=1S/C27H34F4/c1-19(2)4-3-5-20-6-11-22(12-7-20)24-15-14-23(26(28)18-24)13-8-21-9-16-25(17-10-21)27(29,30)31/h9-10,14-20,22H,3-8,11-13H2,1-2H3. The molecule has 1 aliphatic carbocycles. The summed E-state index contributed by atoms with van der Waals surface area (Å²) in [6, 6.07) is 10.7. The molecule has 0 saturated heterocycles. The molecule has 0 unspecified atom stereocenters. The zero-order valence-corrected chi connectivity index (χ0v) is 18.6. The van der Waals surface area contributed by atoms with Gasteiger partial charge in [-0.05, 0) is 91.2 Å². The SMILES string of the molecule is CC(C)CCCC1CCC(c2ccc(CCc3ccc(C(F)(F)F)cc3)c(F)c2)CC1. The van der Waals surface area contributed by atoms with E-state index in [0.29, 0.717) is 24.3 Å². The Kier molecular flexibility index (Phi) is 8.18. The van der Waals surface area contributed by atoms with E-state index < -0.39 is 11.7 Å². The van der Waals surface area contributed by atoms with E-state index in [1.165, 1.54) is 44.2 Å². The predicted octanol–water partition coefficient (Wildman–Crippen LogP) is 8.73. The second kappa shape index (κ2) is 10.7. The van der Waals surface area contributed by atoms with Gasteiger partial charge in [-0.2, -0.15) is 13.2 Å². The van der Waals surface area contributed by atoms with Crippen LogP contribution in [0.15, 0.2) is 42.5 Å². The minimum atomic E-state index is -4.33.